The Kier molecular flexibility index (Phi) is 5.12. The number of halogens is 2. The number of ether oxygens (including phenoxy) is 1. The minimum atomic E-state index is -0.634. The molecule has 0 spiro atoms. The predicted octanol–water partition coefficient (Wildman–Crippen LogP) is 3.39. The highest BCUT2D eigenvalue weighted by molar-refractivity contribution is 6.51. The van der Waals surface area contributed by atoms with Gasteiger partial charge in [0.05, 0.1) is 16.6 Å². The summed E-state index contributed by atoms with van der Waals surface area (Å²) in [6.07, 6.45) is 1.02. The van der Waals surface area contributed by atoms with Gasteiger partial charge in [-0.3, -0.25) is 10.1 Å². The zero-order chi connectivity index (χ0) is 13.7. The van der Waals surface area contributed by atoms with Gasteiger partial charge in [0.2, 0.25) is 0 Å². The molecule has 0 aliphatic heterocycles. The average molecular weight is 290 g/mol. The molecule has 1 rings (SSSR count). The molecule has 0 aliphatic carbocycles. The highest BCUT2D eigenvalue weighted by Crippen LogP contribution is 2.30. The molecule has 0 saturated carbocycles. The molecule has 0 amide bonds. The molecular weight excluding hydrogens is 281 g/mol. The number of nitro benzene ring substituents is 1. The summed E-state index contributed by atoms with van der Waals surface area (Å²) in [5.41, 5.74) is 0.0467. The highest BCUT2D eigenvalue weighted by Gasteiger charge is 2.13. The topological polar surface area (TPSA) is 69.4 Å². The van der Waals surface area contributed by atoms with E-state index in [-0.39, 0.29) is 27.9 Å². The smallest absolute Gasteiger partial charge is 0.332 e. The first-order chi connectivity index (χ1) is 8.45. The Morgan fingerprint density at radius 2 is 2.22 bits per heavy atom. The van der Waals surface area contributed by atoms with Gasteiger partial charge in [0.1, 0.15) is 0 Å². The number of nitro groups is 1. The van der Waals surface area contributed by atoms with E-state index >= 15 is 0 Å². The van der Waals surface area contributed by atoms with E-state index in [1.165, 1.54) is 18.2 Å². The number of carbonyl (C=O) groups excluding carboxylic acids is 1. The fourth-order valence-corrected chi connectivity index (χ4v) is 1.69. The standard InChI is InChI=1S/C11H9Cl2NO4/c1-2-18-11(15)6-10(13)8-5-7(14(16)17)3-4-9(8)12/h3-6H,2H2,1H3. The van der Waals surface area contributed by atoms with Crippen LogP contribution in [0.2, 0.25) is 5.02 Å². The number of carbonyl (C=O) groups is 1. The molecular formula is C11H9Cl2NO4. The zero-order valence-corrected chi connectivity index (χ0v) is 10.9. The summed E-state index contributed by atoms with van der Waals surface area (Å²) < 4.78 is 4.67. The summed E-state index contributed by atoms with van der Waals surface area (Å²) in [7, 11) is 0. The van der Waals surface area contributed by atoms with Gasteiger partial charge in [0.15, 0.2) is 0 Å². The van der Waals surface area contributed by atoms with Gasteiger partial charge in [-0.1, -0.05) is 23.2 Å². The number of nitrogens with zero attached hydrogens (tertiary/aromatic N) is 1. The van der Waals surface area contributed by atoms with Crippen LogP contribution in [0.3, 0.4) is 0 Å². The maximum Gasteiger partial charge on any atom is 0.332 e. The maximum absolute atomic E-state index is 11.2. The summed E-state index contributed by atoms with van der Waals surface area (Å²) in [5.74, 6) is -0.634. The molecule has 1 aromatic carbocycles. The number of benzene rings is 1. The summed E-state index contributed by atoms with van der Waals surface area (Å²) in [5, 5.41) is 10.8. The second-order valence-electron chi connectivity index (χ2n) is 3.17. The Bertz CT molecular complexity index is 514. The van der Waals surface area contributed by atoms with E-state index in [9.17, 15) is 14.9 Å². The number of non-ortho nitro benzene ring substituents is 1. The predicted molar refractivity (Wildman–Crippen MR) is 68.6 cm³/mol. The fourth-order valence-electron chi connectivity index (χ4n) is 1.17. The van der Waals surface area contributed by atoms with Crippen molar-refractivity contribution >= 4 is 39.9 Å². The van der Waals surface area contributed by atoms with Gasteiger partial charge in [-0.15, -0.1) is 0 Å². The molecule has 0 bridgehead atoms. The van der Waals surface area contributed by atoms with Crippen LogP contribution in [0.15, 0.2) is 24.3 Å². The molecule has 1 aromatic rings. The minimum absolute atomic E-state index is 0.0119. The quantitative estimate of drug-likeness (QED) is 0.369. The lowest BCUT2D eigenvalue weighted by molar-refractivity contribution is -0.384. The first-order valence-electron chi connectivity index (χ1n) is 4.94. The van der Waals surface area contributed by atoms with Crippen LogP contribution in [0.4, 0.5) is 5.69 Å². The van der Waals surface area contributed by atoms with Crippen molar-refractivity contribution in [3.8, 4) is 0 Å². The number of hydrogen-bond donors (Lipinski definition) is 0. The summed E-state index contributed by atoms with van der Waals surface area (Å²) in [4.78, 5) is 21.2. The van der Waals surface area contributed by atoms with E-state index in [4.69, 9.17) is 23.2 Å². The first kappa shape index (κ1) is 14.5. The maximum atomic E-state index is 11.2. The molecule has 0 aromatic heterocycles. The van der Waals surface area contributed by atoms with Crippen molar-refractivity contribution in [2.75, 3.05) is 6.61 Å². The van der Waals surface area contributed by atoms with Gasteiger partial charge < -0.3 is 4.74 Å². The van der Waals surface area contributed by atoms with Crippen molar-refractivity contribution in [1.82, 2.24) is 0 Å². The second-order valence-corrected chi connectivity index (χ2v) is 3.98. The monoisotopic (exact) mass is 289 g/mol. The Labute approximate surface area is 113 Å². The van der Waals surface area contributed by atoms with Gasteiger partial charge in [-0.05, 0) is 13.0 Å². The lowest BCUT2D eigenvalue weighted by Gasteiger charge is -2.03. The van der Waals surface area contributed by atoms with Gasteiger partial charge in [-0.2, -0.15) is 0 Å². The molecule has 0 radical (unpaired) electrons. The third-order valence-electron chi connectivity index (χ3n) is 1.95. The van der Waals surface area contributed by atoms with Crippen LogP contribution in [-0.4, -0.2) is 17.5 Å². The number of esters is 1. The van der Waals surface area contributed by atoms with E-state index in [0.29, 0.717) is 0 Å². The van der Waals surface area contributed by atoms with E-state index in [0.717, 1.165) is 6.08 Å². The summed E-state index contributed by atoms with van der Waals surface area (Å²) >= 11 is 11.7. The third kappa shape index (κ3) is 3.72. The molecule has 0 unspecified atom stereocenters. The molecule has 7 heteroatoms. The molecule has 18 heavy (non-hydrogen) atoms. The Morgan fingerprint density at radius 1 is 1.56 bits per heavy atom. The van der Waals surface area contributed by atoms with Crippen LogP contribution >= 0.6 is 23.2 Å². The van der Waals surface area contributed by atoms with Gasteiger partial charge >= 0.3 is 5.97 Å². The minimum Gasteiger partial charge on any atom is -0.463 e. The fraction of sp³-hybridized carbons (Fsp3) is 0.182. The van der Waals surface area contributed by atoms with Crippen molar-refractivity contribution in [2.24, 2.45) is 0 Å². The first-order valence-corrected chi connectivity index (χ1v) is 5.69. The Hall–Kier alpha value is -1.59. The van der Waals surface area contributed by atoms with Crippen LogP contribution in [0, 0.1) is 10.1 Å². The van der Waals surface area contributed by atoms with Crippen LogP contribution in [0.1, 0.15) is 12.5 Å². The van der Waals surface area contributed by atoms with Crippen molar-refractivity contribution in [3.05, 3.63) is 45.0 Å². The van der Waals surface area contributed by atoms with Crippen molar-refractivity contribution in [3.63, 3.8) is 0 Å². The van der Waals surface area contributed by atoms with Crippen molar-refractivity contribution < 1.29 is 14.5 Å². The Balaban J connectivity index is 3.11. The van der Waals surface area contributed by atoms with Gasteiger partial charge in [0, 0.05) is 28.8 Å². The van der Waals surface area contributed by atoms with Crippen LogP contribution in [0.5, 0.6) is 0 Å². The highest BCUT2D eigenvalue weighted by atomic mass is 35.5. The van der Waals surface area contributed by atoms with Crippen LogP contribution in [-0.2, 0) is 9.53 Å². The molecule has 0 heterocycles. The third-order valence-corrected chi connectivity index (χ3v) is 2.59. The molecule has 0 aliphatic rings. The number of hydrogen-bond acceptors (Lipinski definition) is 4. The molecule has 5 nitrogen and oxygen atoms in total. The molecule has 96 valence electrons. The molecule has 0 fully saturated rings. The Morgan fingerprint density at radius 3 is 2.78 bits per heavy atom. The van der Waals surface area contributed by atoms with Gasteiger partial charge in [-0.25, -0.2) is 4.79 Å². The van der Waals surface area contributed by atoms with Crippen molar-refractivity contribution in [2.45, 2.75) is 6.92 Å². The lowest BCUT2D eigenvalue weighted by Crippen LogP contribution is -2.00. The largest absolute Gasteiger partial charge is 0.463 e. The SMILES string of the molecule is CCOC(=O)C=C(Cl)c1cc([N+](=O)[O-])ccc1Cl. The van der Waals surface area contributed by atoms with Crippen molar-refractivity contribution in [1.29, 1.82) is 0 Å². The van der Waals surface area contributed by atoms with E-state index < -0.39 is 10.9 Å². The van der Waals surface area contributed by atoms with E-state index in [1.54, 1.807) is 6.92 Å². The normalized spacial score (nSPS) is 11.2. The molecule has 0 atom stereocenters. The van der Waals surface area contributed by atoms with Crippen LogP contribution < -0.4 is 0 Å². The summed E-state index contributed by atoms with van der Waals surface area (Å²) in [6.45, 7) is 1.86. The van der Waals surface area contributed by atoms with Gasteiger partial charge in [0.25, 0.3) is 5.69 Å². The zero-order valence-electron chi connectivity index (χ0n) is 9.35. The summed E-state index contributed by atoms with van der Waals surface area (Å²) in [6, 6.07) is 3.79. The second kappa shape index (κ2) is 6.37. The number of rotatable bonds is 4. The molecule has 0 N–H and O–H groups in total. The lowest BCUT2D eigenvalue weighted by atomic mass is 10.2. The van der Waals surface area contributed by atoms with E-state index in [2.05, 4.69) is 4.74 Å². The van der Waals surface area contributed by atoms with Crippen LogP contribution in [0.25, 0.3) is 5.03 Å². The average Bonchev–Trinajstić information content (AvgIpc) is 2.29. The molecule has 0 saturated heterocycles. The van der Waals surface area contributed by atoms with E-state index in [1.807, 2.05) is 0 Å².